The molecule has 2 aromatic rings. The van der Waals surface area contributed by atoms with Gasteiger partial charge in [0.2, 0.25) is 0 Å². The molecule has 2 rings (SSSR count). The number of nitrogens with one attached hydrogen (secondary N) is 1. The Morgan fingerprint density at radius 1 is 1.28 bits per heavy atom. The van der Waals surface area contributed by atoms with Gasteiger partial charge in [0.1, 0.15) is 5.82 Å². The van der Waals surface area contributed by atoms with E-state index >= 15 is 0 Å². The molecule has 0 aliphatic carbocycles. The number of nitrogens with zero attached hydrogens (tertiary/aromatic N) is 1. The molecule has 0 amide bonds. The molecular weight excluding hydrogens is 230 g/mol. The lowest BCUT2D eigenvalue weighted by atomic mass is 10.1. The van der Waals surface area contributed by atoms with Crippen LogP contribution in [0.2, 0.25) is 0 Å². The van der Waals surface area contributed by atoms with Crippen molar-refractivity contribution < 1.29 is 9.84 Å². The molecule has 5 heteroatoms. The van der Waals surface area contributed by atoms with Crippen molar-refractivity contribution in [2.75, 3.05) is 37.4 Å². The molecule has 1 heterocycles. The van der Waals surface area contributed by atoms with E-state index in [1.165, 1.54) is 0 Å². The summed E-state index contributed by atoms with van der Waals surface area (Å²) in [6.45, 7) is 1.54. The molecule has 1 aromatic heterocycles. The number of hydrogen-bond donors (Lipinski definition) is 3. The number of ether oxygens (including phenoxy) is 1. The van der Waals surface area contributed by atoms with Crippen molar-refractivity contribution in [2.45, 2.75) is 0 Å². The van der Waals surface area contributed by atoms with Gasteiger partial charge in [-0.05, 0) is 17.5 Å². The Bertz CT molecular complexity index is 511. The maximum Gasteiger partial charge on any atom is 0.135 e. The van der Waals surface area contributed by atoms with Gasteiger partial charge in [-0.2, -0.15) is 0 Å². The fourth-order valence-corrected chi connectivity index (χ4v) is 1.80. The third-order valence-electron chi connectivity index (χ3n) is 2.60. The monoisotopic (exact) mass is 247 g/mol. The van der Waals surface area contributed by atoms with Gasteiger partial charge in [0.15, 0.2) is 0 Å². The highest BCUT2D eigenvalue weighted by atomic mass is 16.5. The Kier molecular flexibility index (Phi) is 4.33. The van der Waals surface area contributed by atoms with Gasteiger partial charge in [-0.3, -0.25) is 0 Å². The second kappa shape index (κ2) is 6.18. The molecule has 0 atom stereocenters. The van der Waals surface area contributed by atoms with Gasteiger partial charge in [0, 0.05) is 23.8 Å². The minimum Gasteiger partial charge on any atom is -0.398 e. The van der Waals surface area contributed by atoms with Gasteiger partial charge < -0.3 is 20.9 Å². The summed E-state index contributed by atoms with van der Waals surface area (Å²) in [7, 11) is 0. The van der Waals surface area contributed by atoms with Gasteiger partial charge in [-0.25, -0.2) is 4.98 Å². The van der Waals surface area contributed by atoms with Crippen molar-refractivity contribution in [3.05, 3.63) is 30.5 Å². The first-order valence-corrected chi connectivity index (χ1v) is 5.88. The molecule has 0 bridgehead atoms. The number of rotatable bonds is 6. The highest BCUT2D eigenvalue weighted by Gasteiger charge is 2.04. The summed E-state index contributed by atoms with van der Waals surface area (Å²) >= 11 is 0. The Morgan fingerprint density at radius 2 is 2.17 bits per heavy atom. The first-order chi connectivity index (χ1) is 8.83. The first kappa shape index (κ1) is 12.6. The van der Waals surface area contributed by atoms with E-state index in [0.717, 1.165) is 16.6 Å². The van der Waals surface area contributed by atoms with Gasteiger partial charge in [-0.1, -0.05) is 12.1 Å². The lowest BCUT2D eigenvalue weighted by Gasteiger charge is -2.10. The second-order valence-electron chi connectivity index (χ2n) is 3.87. The minimum atomic E-state index is 0.0411. The number of anilines is 2. The fraction of sp³-hybridized carbons (Fsp3) is 0.308. The zero-order chi connectivity index (χ0) is 12.8. The van der Waals surface area contributed by atoms with Gasteiger partial charge in [0.05, 0.1) is 19.8 Å². The number of benzene rings is 1. The number of aliphatic hydroxyl groups excluding tert-OH is 1. The van der Waals surface area contributed by atoms with Crippen molar-refractivity contribution in [1.29, 1.82) is 0 Å². The number of nitrogens with two attached hydrogens (primary N) is 1. The largest absolute Gasteiger partial charge is 0.398 e. The van der Waals surface area contributed by atoms with Crippen LogP contribution in [0.5, 0.6) is 0 Å². The van der Waals surface area contributed by atoms with Crippen LogP contribution in [0.25, 0.3) is 10.8 Å². The van der Waals surface area contributed by atoms with Crippen LogP contribution in [0.15, 0.2) is 30.5 Å². The lowest BCUT2D eigenvalue weighted by molar-refractivity contribution is 0.0992. The van der Waals surface area contributed by atoms with E-state index in [2.05, 4.69) is 10.3 Å². The van der Waals surface area contributed by atoms with Gasteiger partial charge >= 0.3 is 0 Å². The number of aliphatic hydroxyl groups is 1. The van der Waals surface area contributed by atoms with Crippen LogP contribution < -0.4 is 11.1 Å². The molecule has 1 aromatic carbocycles. The summed E-state index contributed by atoms with van der Waals surface area (Å²) in [6.07, 6.45) is 1.75. The molecule has 0 aliphatic rings. The lowest BCUT2D eigenvalue weighted by Crippen LogP contribution is -2.12. The number of pyridine rings is 1. The van der Waals surface area contributed by atoms with Crippen LogP contribution in [0.3, 0.4) is 0 Å². The molecule has 4 N–H and O–H groups in total. The SMILES string of the molecule is Nc1cccc2ccnc(NCCOCCO)c12. The number of nitrogen functional groups attached to an aromatic ring is 1. The molecule has 0 spiro atoms. The maximum atomic E-state index is 8.59. The summed E-state index contributed by atoms with van der Waals surface area (Å²) in [6, 6.07) is 7.71. The maximum absolute atomic E-state index is 8.59. The summed E-state index contributed by atoms with van der Waals surface area (Å²) in [5.41, 5.74) is 6.67. The Balaban J connectivity index is 2.08. The Labute approximate surface area is 106 Å². The molecular formula is C13H17N3O2. The molecule has 0 aliphatic heterocycles. The average molecular weight is 247 g/mol. The van der Waals surface area contributed by atoms with Gasteiger partial charge in [0.25, 0.3) is 0 Å². The molecule has 0 saturated carbocycles. The van der Waals surface area contributed by atoms with E-state index in [-0.39, 0.29) is 6.61 Å². The highest BCUT2D eigenvalue weighted by molar-refractivity contribution is 6.00. The summed E-state index contributed by atoms with van der Waals surface area (Å²) in [4.78, 5) is 4.29. The van der Waals surface area contributed by atoms with Gasteiger partial charge in [-0.15, -0.1) is 0 Å². The topological polar surface area (TPSA) is 80.4 Å². The van der Waals surface area contributed by atoms with Crippen LogP contribution in [-0.2, 0) is 4.74 Å². The summed E-state index contributed by atoms with van der Waals surface area (Å²) in [5, 5.41) is 13.8. The summed E-state index contributed by atoms with van der Waals surface area (Å²) < 4.78 is 5.18. The number of fused-ring (bicyclic) bond motifs is 1. The van der Waals surface area contributed by atoms with Crippen molar-refractivity contribution in [3.63, 3.8) is 0 Å². The van der Waals surface area contributed by atoms with E-state index in [1.54, 1.807) is 6.20 Å². The molecule has 96 valence electrons. The van der Waals surface area contributed by atoms with E-state index < -0.39 is 0 Å². The van der Waals surface area contributed by atoms with Crippen LogP contribution in [0.1, 0.15) is 0 Å². The molecule has 5 nitrogen and oxygen atoms in total. The molecule has 0 unspecified atom stereocenters. The summed E-state index contributed by atoms with van der Waals surface area (Å²) in [5.74, 6) is 0.762. The number of hydrogen-bond acceptors (Lipinski definition) is 5. The standard InChI is InChI=1S/C13H17N3O2/c14-11-3-1-2-10-4-5-15-13(12(10)11)16-6-8-18-9-7-17/h1-5,17H,6-9,14H2,(H,15,16). The van der Waals surface area contributed by atoms with Crippen LogP contribution >= 0.6 is 0 Å². The zero-order valence-corrected chi connectivity index (χ0v) is 10.1. The fourth-order valence-electron chi connectivity index (χ4n) is 1.80. The highest BCUT2D eigenvalue weighted by Crippen LogP contribution is 2.26. The van der Waals surface area contributed by atoms with E-state index in [0.29, 0.717) is 25.4 Å². The predicted octanol–water partition coefficient (Wildman–Crippen LogP) is 1.24. The normalized spacial score (nSPS) is 10.7. The minimum absolute atomic E-state index is 0.0411. The number of aromatic nitrogens is 1. The third-order valence-corrected chi connectivity index (χ3v) is 2.60. The smallest absolute Gasteiger partial charge is 0.135 e. The molecule has 18 heavy (non-hydrogen) atoms. The molecule has 0 saturated heterocycles. The van der Waals surface area contributed by atoms with Crippen molar-refractivity contribution in [1.82, 2.24) is 4.98 Å². The first-order valence-electron chi connectivity index (χ1n) is 5.88. The average Bonchev–Trinajstić information content (AvgIpc) is 2.39. The van der Waals surface area contributed by atoms with Crippen molar-refractivity contribution in [2.24, 2.45) is 0 Å². The molecule has 0 fully saturated rings. The Hall–Kier alpha value is -1.85. The molecule has 0 radical (unpaired) electrons. The zero-order valence-electron chi connectivity index (χ0n) is 10.1. The quantitative estimate of drug-likeness (QED) is 0.528. The van der Waals surface area contributed by atoms with E-state index in [1.807, 2.05) is 24.3 Å². The van der Waals surface area contributed by atoms with Crippen molar-refractivity contribution in [3.8, 4) is 0 Å². The predicted molar refractivity (Wildman–Crippen MR) is 72.5 cm³/mol. The van der Waals surface area contributed by atoms with Crippen LogP contribution in [-0.4, -0.2) is 36.5 Å². The Morgan fingerprint density at radius 3 is 3.00 bits per heavy atom. The third kappa shape index (κ3) is 2.88. The second-order valence-corrected chi connectivity index (χ2v) is 3.87. The van der Waals surface area contributed by atoms with E-state index in [4.69, 9.17) is 15.6 Å². The van der Waals surface area contributed by atoms with E-state index in [9.17, 15) is 0 Å². The van der Waals surface area contributed by atoms with Crippen molar-refractivity contribution >= 4 is 22.3 Å². The van der Waals surface area contributed by atoms with Crippen LogP contribution in [0, 0.1) is 0 Å². The van der Waals surface area contributed by atoms with Crippen LogP contribution in [0.4, 0.5) is 11.5 Å².